The minimum absolute atomic E-state index is 0.0415. The number of aromatic hydroxyl groups is 1. The van der Waals surface area contributed by atoms with Crippen LogP contribution in [0.2, 0.25) is 0 Å². The van der Waals surface area contributed by atoms with Crippen molar-refractivity contribution in [2.75, 3.05) is 19.0 Å². The molecule has 0 aliphatic heterocycles. The molecule has 10 nitrogen and oxygen atoms in total. The molecular weight excluding hydrogens is 450 g/mol. The number of nitro groups is 1. The summed E-state index contributed by atoms with van der Waals surface area (Å²) in [4.78, 5) is 37.5. The summed E-state index contributed by atoms with van der Waals surface area (Å²) in [5.74, 6) is -1.68. The lowest BCUT2D eigenvalue weighted by Crippen LogP contribution is -2.32. The van der Waals surface area contributed by atoms with Crippen LogP contribution in [-0.2, 0) is 4.79 Å². The fraction of sp³-hybridized carbons (Fsp3) is 0.0800. The Balaban J connectivity index is 1.81. The largest absolute Gasteiger partial charge is 0.502 e. The van der Waals surface area contributed by atoms with Gasteiger partial charge in [-0.3, -0.25) is 19.7 Å². The summed E-state index contributed by atoms with van der Waals surface area (Å²) in [5.41, 5.74) is 4.18. The van der Waals surface area contributed by atoms with Crippen LogP contribution in [0.4, 0.5) is 11.4 Å². The number of nitrogens with one attached hydrogen (secondary N) is 2. The van der Waals surface area contributed by atoms with Gasteiger partial charge in [-0.2, -0.15) is 5.10 Å². The van der Waals surface area contributed by atoms with E-state index >= 15 is 0 Å². The van der Waals surface area contributed by atoms with Crippen molar-refractivity contribution in [3.05, 3.63) is 105 Å². The lowest BCUT2D eigenvalue weighted by molar-refractivity contribution is -0.385. The van der Waals surface area contributed by atoms with E-state index in [4.69, 9.17) is 0 Å². The van der Waals surface area contributed by atoms with E-state index in [2.05, 4.69) is 15.8 Å². The van der Waals surface area contributed by atoms with Crippen molar-refractivity contribution in [1.82, 2.24) is 10.7 Å². The Labute approximate surface area is 201 Å². The molecule has 3 aromatic carbocycles. The summed E-state index contributed by atoms with van der Waals surface area (Å²) < 4.78 is 0. The average molecular weight is 473 g/mol. The van der Waals surface area contributed by atoms with Crippen molar-refractivity contribution in [1.29, 1.82) is 0 Å². The van der Waals surface area contributed by atoms with E-state index in [1.165, 1.54) is 18.4 Å². The predicted molar refractivity (Wildman–Crippen MR) is 133 cm³/mol. The molecule has 0 heterocycles. The number of hydrogen-bond acceptors (Lipinski definition) is 7. The van der Waals surface area contributed by atoms with Gasteiger partial charge in [-0.1, -0.05) is 30.3 Å². The summed E-state index contributed by atoms with van der Waals surface area (Å²) in [5, 5.41) is 27.0. The molecule has 0 aromatic heterocycles. The monoisotopic (exact) mass is 473 g/mol. The molecule has 10 heteroatoms. The number of carbonyl (C=O) groups is 2. The first-order valence-corrected chi connectivity index (χ1v) is 10.4. The van der Waals surface area contributed by atoms with Crippen molar-refractivity contribution in [2.45, 2.75) is 0 Å². The van der Waals surface area contributed by atoms with E-state index in [9.17, 15) is 24.8 Å². The first-order valence-electron chi connectivity index (χ1n) is 10.4. The topological polar surface area (TPSA) is 137 Å². The van der Waals surface area contributed by atoms with Crippen LogP contribution < -0.4 is 15.6 Å². The molecule has 0 aliphatic carbocycles. The highest BCUT2D eigenvalue weighted by atomic mass is 16.6. The molecular formula is C25H23N5O5. The highest BCUT2D eigenvalue weighted by Crippen LogP contribution is 2.25. The molecule has 0 bridgehead atoms. The first kappa shape index (κ1) is 24.6. The van der Waals surface area contributed by atoms with Gasteiger partial charge in [0.1, 0.15) is 5.70 Å². The number of nitrogens with zero attached hydrogens (tertiary/aromatic N) is 3. The fourth-order valence-electron chi connectivity index (χ4n) is 2.98. The zero-order valence-electron chi connectivity index (χ0n) is 19.0. The standard InChI is InChI=1S/C25H23N5O5/c1-29(2)20-11-8-17(9-12-20)14-21(27-24(32)19-6-4-3-5-7-19)25(33)28-26-16-18-10-13-22(30(34)35)23(31)15-18/h3-16,31H,1-2H3,(H,27,32)(H,28,33)/b21-14+,26-16-. The number of hydrogen-bond donors (Lipinski definition) is 3. The zero-order valence-corrected chi connectivity index (χ0v) is 19.0. The second-order valence-electron chi connectivity index (χ2n) is 7.57. The molecule has 178 valence electrons. The molecule has 0 saturated heterocycles. The molecule has 0 unspecified atom stereocenters. The Bertz CT molecular complexity index is 1290. The Morgan fingerprint density at radius 3 is 2.26 bits per heavy atom. The van der Waals surface area contributed by atoms with Crippen LogP contribution in [-0.4, -0.2) is 42.2 Å². The minimum Gasteiger partial charge on any atom is -0.502 e. The van der Waals surface area contributed by atoms with Gasteiger partial charge >= 0.3 is 5.69 Å². The van der Waals surface area contributed by atoms with Crippen LogP contribution in [0.5, 0.6) is 5.75 Å². The number of carbonyl (C=O) groups excluding carboxylic acids is 2. The Kier molecular flexibility index (Phi) is 7.91. The van der Waals surface area contributed by atoms with E-state index < -0.39 is 28.2 Å². The maximum absolute atomic E-state index is 12.8. The second kappa shape index (κ2) is 11.2. The smallest absolute Gasteiger partial charge is 0.310 e. The van der Waals surface area contributed by atoms with Crippen LogP contribution in [0.3, 0.4) is 0 Å². The number of rotatable bonds is 8. The number of amides is 2. The van der Waals surface area contributed by atoms with Crippen LogP contribution in [0, 0.1) is 10.1 Å². The number of anilines is 1. The van der Waals surface area contributed by atoms with Crippen LogP contribution >= 0.6 is 0 Å². The average Bonchev–Trinajstić information content (AvgIpc) is 2.84. The highest BCUT2D eigenvalue weighted by molar-refractivity contribution is 6.05. The molecule has 2 amide bonds. The van der Waals surface area contributed by atoms with Crippen LogP contribution in [0.25, 0.3) is 6.08 Å². The number of phenols is 1. The van der Waals surface area contributed by atoms with E-state index in [1.54, 1.807) is 42.5 Å². The molecule has 3 rings (SSSR count). The lowest BCUT2D eigenvalue weighted by Gasteiger charge is -2.12. The van der Waals surface area contributed by atoms with Gasteiger partial charge in [-0.25, -0.2) is 5.43 Å². The predicted octanol–water partition coefficient (Wildman–Crippen LogP) is 3.29. The van der Waals surface area contributed by atoms with Crippen LogP contribution in [0.1, 0.15) is 21.5 Å². The fourth-order valence-corrected chi connectivity index (χ4v) is 2.98. The van der Waals surface area contributed by atoms with Gasteiger partial charge in [0, 0.05) is 31.4 Å². The summed E-state index contributed by atoms with van der Waals surface area (Å²) in [6, 6.07) is 19.4. The summed E-state index contributed by atoms with van der Waals surface area (Å²) >= 11 is 0. The van der Waals surface area contributed by atoms with Crippen molar-refractivity contribution in [3.8, 4) is 5.75 Å². The highest BCUT2D eigenvalue weighted by Gasteiger charge is 2.15. The van der Waals surface area contributed by atoms with Gasteiger partial charge < -0.3 is 15.3 Å². The molecule has 0 atom stereocenters. The van der Waals surface area contributed by atoms with Crippen molar-refractivity contribution in [2.24, 2.45) is 5.10 Å². The third-order valence-corrected chi connectivity index (χ3v) is 4.83. The van der Waals surface area contributed by atoms with Gasteiger partial charge in [0.05, 0.1) is 11.1 Å². The van der Waals surface area contributed by atoms with Crippen molar-refractivity contribution < 1.29 is 19.6 Å². The summed E-state index contributed by atoms with van der Waals surface area (Å²) in [7, 11) is 3.82. The van der Waals surface area contributed by atoms with E-state index in [1.807, 2.05) is 31.1 Å². The first-order chi connectivity index (χ1) is 16.7. The Morgan fingerprint density at radius 1 is 1.00 bits per heavy atom. The lowest BCUT2D eigenvalue weighted by atomic mass is 10.1. The number of nitro benzene ring substituents is 1. The summed E-state index contributed by atoms with van der Waals surface area (Å²) in [6.07, 6.45) is 2.73. The van der Waals surface area contributed by atoms with Gasteiger partial charge in [-0.05, 0) is 53.6 Å². The minimum atomic E-state index is -0.713. The number of phenolic OH excluding ortho intramolecular Hbond substituents is 1. The molecule has 0 radical (unpaired) electrons. The maximum Gasteiger partial charge on any atom is 0.310 e. The van der Waals surface area contributed by atoms with Gasteiger partial charge in [0.2, 0.25) is 0 Å². The number of hydrazone groups is 1. The van der Waals surface area contributed by atoms with Gasteiger partial charge in [0.15, 0.2) is 5.75 Å². The van der Waals surface area contributed by atoms with Gasteiger partial charge in [0.25, 0.3) is 11.8 Å². The van der Waals surface area contributed by atoms with Gasteiger partial charge in [-0.15, -0.1) is 0 Å². The molecule has 0 spiro atoms. The Morgan fingerprint density at radius 2 is 1.66 bits per heavy atom. The molecule has 3 N–H and O–H groups in total. The number of benzene rings is 3. The second-order valence-corrected chi connectivity index (χ2v) is 7.57. The zero-order chi connectivity index (χ0) is 25.4. The third kappa shape index (κ3) is 6.75. The van der Waals surface area contributed by atoms with Crippen molar-refractivity contribution >= 4 is 35.5 Å². The summed E-state index contributed by atoms with van der Waals surface area (Å²) in [6.45, 7) is 0. The SMILES string of the molecule is CN(C)c1ccc(/C=C(/NC(=O)c2ccccc2)C(=O)N/N=C\c2ccc([N+](=O)[O-])c(O)c2)cc1. The van der Waals surface area contributed by atoms with Crippen molar-refractivity contribution in [3.63, 3.8) is 0 Å². The normalized spacial score (nSPS) is 11.2. The molecule has 0 saturated carbocycles. The molecule has 0 aliphatic rings. The third-order valence-electron chi connectivity index (χ3n) is 4.83. The van der Waals surface area contributed by atoms with E-state index in [0.29, 0.717) is 16.7 Å². The van der Waals surface area contributed by atoms with E-state index in [-0.39, 0.29) is 5.70 Å². The molecule has 0 fully saturated rings. The Hall–Kier alpha value is -4.99. The quantitative estimate of drug-likeness (QED) is 0.199. The maximum atomic E-state index is 12.8. The molecule has 35 heavy (non-hydrogen) atoms. The van der Waals surface area contributed by atoms with Crippen LogP contribution in [0.15, 0.2) is 83.6 Å². The molecule has 3 aromatic rings. The van der Waals surface area contributed by atoms with E-state index in [0.717, 1.165) is 17.8 Å².